The number of amides is 1. The average molecular weight is 375 g/mol. The van der Waals surface area contributed by atoms with Crippen LogP contribution >= 0.6 is 0 Å². The van der Waals surface area contributed by atoms with Crippen LogP contribution in [0.4, 0.5) is 24.5 Å². The third-order valence-electron chi connectivity index (χ3n) is 3.55. The Morgan fingerprint density at radius 1 is 1.26 bits per heavy atom. The topological polar surface area (TPSA) is 96.0 Å². The molecule has 0 bridgehead atoms. The number of nitro groups is 1. The highest BCUT2D eigenvalue weighted by atomic mass is 19.4. The lowest BCUT2D eigenvalue weighted by Crippen LogP contribution is -2.14. The van der Waals surface area contributed by atoms with Gasteiger partial charge in [-0.2, -0.15) is 18.4 Å². The fourth-order valence-electron chi connectivity index (χ4n) is 2.20. The van der Waals surface area contributed by atoms with Gasteiger partial charge in [0.15, 0.2) is 0 Å². The van der Waals surface area contributed by atoms with Gasteiger partial charge >= 0.3 is 6.18 Å². The molecule has 27 heavy (non-hydrogen) atoms. The van der Waals surface area contributed by atoms with E-state index in [2.05, 4.69) is 5.32 Å². The number of halogens is 3. The molecule has 0 aromatic heterocycles. The second-order valence-electron chi connectivity index (χ2n) is 5.51. The van der Waals surface area contributed by atoms with Crippen LogP contribution in [-0.2, 0) is 11.0 Å². The van der Waals surface area contributed by atoms with Gasteiger partial charge in [0.2, 0.25) is 0 Å². The number of alkyl halides is 3. The second-order valence-corrected chi connectivity index (χ2v) is 5.51. The third-order valence-corrected chi connectivity index (χ3v) is 3.55. The van der Waals surface area contributed by atoms with E-state index in [0.717, 1.165) is 24.3 Å². The lowest BCUT2D eigenvalue weighted by Gasteiger charge is -2.09. The minimum absolute atomic E-state index is 0.133. The molecular formula is C18H12F3N3O3. The predicted octanol–water partition coefficient (Wildman–Crippen LogP) is 4.47. The number of nitrogens with one attached hydrogen (secondary N) is 1. The van der Waals surface area contributed by atoms with Gasteiger partial charge in [0.05, 0.1) is 10.5 Å². The first-order valence-corrected chi connectivity index (χ1v) is 7.47. The summed E-state index contributed by atoms with van der Waals surface area (Å²) in [6.45, 7) is 1.54. The molecule has 0 aliphatic carbocycles. The number of benzene rings is 2. The molecular weight excluding hydrogens is 363 g/mol. The standard InChI is InChI=1S/C18H12F3N3O3/c1-11-5-6-12(8-16(11)24(26)27)7-13(10-22)17(25)23-15-4-2-3-14(9-15)18(19,20)21/h2-9H,1H3,(H,23,25)/b13-7-. The predicted molar refractivity (Wildman–Crippen MR) is 91.5 cm³/mol. The number of nitriles is 1. The number of carbonyl (C=O) groups excluding carboxylic acids is 1. The zero-order valence-corrected chi connectivity index (χ0v) is 13.9. The second kappa shape index (κ2) is 7.70. The highest BCUT2D eigenvalue weighted by Crippen LogP contribution is 2.30. The van der Waals surface area contributed by atoms with E-state index in [9.17, 15) is 28.1 Å². The number of rotatable bonds is 4. The Kier molecular flexibility index (Phi) is 5.60. The molecule has 2 aromatic carbocycles. The normalized spacial score (nSPS) is 11.6. The summed E-state index contributed by atoms with van der Waals surface area (Å²) in [5, 5.41) is 22.3. The molecule has 0 aliphatic rings. The Balaban J connectivity index is 2.29. The van der Waals surface area contributed by atoms with Crippen LogP contribution in [0.1, 0.15) is 16.7 Å². The van der Waals surface area contributed by atoms with Crippen molar-refractivity contribution in [3.05, 3.63) is 74.8 Å². The summed E-state index contributed by atoms with van der Waals surface area (Å²) < 4.78 is 38.2. The number of carbonyl (C=O) groups is 1. The fraction of sp³-hybridized carbons (Fsp3) is 0.111. The minimum atomic E-state index is -4.57. The van der Waals surface area contributed by atoms with Crippen LogP contribution in [0, 0.1) is 28.4 Å². The highest BCUT2D eigenvalue weighted by molar-refractivity contribution is 6.09. The Hall–Kier alpha value is -3.67. The molecule has 0 unspecified atom stereocenters. The zero-order valence-electron chi connectivity index (χ0n) is 13.9. The summed E-state index contributed by atoms with van der Waals surface area (Å²) in [6, 6.07) is 9.74. The van der Waals surface area contributed by atoms with Crippen molar-refractivity contribution in [2.24, 2.45) is 0 Å². The molecule has 1 amide bonds. The van der Waals surface area contributed by atoms with Crippen molar-refractivity contribution < 1.29 is 22.9 Å². The van der Waals surface area contributed by atoms with Crippen molar-refractivity contribution in [3.8, 4) is 6.07 Å². The van der Waals surface area contributed by atoms with Crippen LogP contribution in [0.3, 0.4) is 0 Å². The quantitative estimate of drug-likeness (QED) is 0.369. The van der Waals surface area contributed by atoms with Crippen molar-refractivity contribution in [1.82, 2.24) is 0 Å². The number of nitrogens with zero attached hydrogens (tertiary/aromatic N) is 2. The zero-order chi connectivity index (χ0) is 20.2. The van der Waals surface area contributed by atoms with Gasteiger partial charge in [-0.1, -0.05) is 18.2 Å². The SMILES string of the molecule is Cc1ccc(/C=C(/C#N)C(=O)Nc2cccc(C(F)(F)F)c2)cc1[N+](=O)[O-]. The molecule has 2 rings (SSSR count). The summed E-state index contributed by atoms with van der Waals surface area (Å²) in [5.41, 5.74) is -1.03. The molecule has 9 heteroatoms. The van der Waals surface area contributed by atoms with Crippen molar-refractivity contribution >= 4 is 23.4 Å². The minimum Gasteiger partial charge on any atom is -0.321 e. The smallest absolute Gasteiger partial charge is 0.321 e. The maximum atomic E-state index is 12.7. The van der Waals surface area contributed by atoms with Crippen molar-refractivity contribution in [3.63, 3.8) is 0 Å². The van der Waals surface area contributed by atoms with Gasteiger partial charge in [-0.25, -0.2) is 0 Å². The average Bonchev–Trinajstić information content (AvgIpc) is 2.60. The summed E-state index contributed by atoms with van der Waals surface area (Å²) in [4.78, 5) is 22.5. The van der Waals surface area contributed by atoms with Crippen LogP contribution in [0.25, 0.3) is 6.08 Å². The molecule has 0 spiro atoms. The summed E-state index contributed by atoms with van der Waals surface area (Å²) in [6.07, 6.45) is -3.45. The van der Waals surface area contributed by atoms with E-state index < -0.39 is 28.1 Å². The molecule has 0 aliphatic heterocycles. The maximum absolute atomic E-state index is 12.7. The third kappa shape index (κ3) is 4.92. The van der Waals surface area contributed by atoms with Crippen LogP contribution in [-0.4, -0.2) is 10.8 Å². The fourth-order valence-corrected chi connectivity index (χ4v) is 2.20. The van der Waals surface area contributed by atoms with E-state index >= 15 is 0 Å². The Morgan fingerprint density at radius 3 is 2.56 bits per heavy atom. The lowest BCUT2D eigenvalue weighted by molar-refractivity contribution is -0.385. The first kappa shape index (κ1) is 19.7. The largest absolute Gasteiger partial charge is 0.416 e. The van der Waals surface area contributed by atoms with Gasteiger partial charge in [0, 0.05) is 17.3 Å². The number of anilines is 1. The molecule has 1 N–H and O–H groups in total. The van der Waals surface area contributed by atoms with Gasteiger partial charge in [0.1, 0.15) is 11.6 Å². The summed E-state index contributed by atoms with van der Waals surface area (Å²) in [5.74, 6) is -0.931. The van der Waals surface area contributed by atoms with Gasteiger partial charge < -0.3 is 5.32 Å². The van der Waals surface area contributed by atoms with Crippen molar-refractivity contribution in [2.75, 3.05) is 5.32 Å². The highest BCUT2D eigenvalue weighted by Gasteiger charge is 2.30. The molecule has 0 heterocycles. The van der Waals surface area contributed by atoms with E-state index in [4.69, 9.17) is 5.26 Å². The van der Waals surface area contributed by atoms with Crippen molar-refractivity contribution in [2.45, 2.75) is 13.1 Å². The monoisotopic (exact) mass is 375 g/mol. The summed E-state index contributed by atoms with van der Waals surface area (Å²) in [7, 11) is 0. The lowest BCUT2D eigenvalue weighted by atomic mass is 10.1. The molecule has 0 saturated carbocycles. The Labute approximate surface area is 151 Å². The number of aryl methyl sites for hydroxylation is 1. The molecule has 0 atom stereocenters. The van der Waals surface area contributed by atoms with Gasteiger partial charge in [-0.3, -0.25) is 14.9 Å². The molecule has 2 aromatic rings. The van der Waals surface area contributed by atoms with Crippen LogP contribution in [0.15, 0.2) is 48.0 Å². The Bertz CT molecular complexity index is 976. The van der Waals surface area contributed by atoms with E-state index in [1.807, 2.05) is 0 Å². The van der Waals surface area contributed by atoms with Crippen LogP contribution in [0.2, 0.25) is 0 Å². The summed E-state index contributed by atoms with van der Waals surface area (Å²) >= 11 is 0. The van der Waals surface area contributed by atoms with Crippen LogP contribution < -0.4 is 5.32 Å². The van der Waals surface area contributed by atoms with Gasteiger partial charge in [-0.05, 0) is 36.8 Å². The molecule has 138 valence electrons. The first-order chi connectivity index (χ1) is 12.6. The number of hydrogen-bond donors (Lipinski definition) is 1. The van der Waals surface area contributed by atoms with E-state index in [-0.39, 0.29) is 16.9 Å². The number of hydrogen-bond acceptors (Lipinski definition) is 4. The van der Waals surface area contributed by atoms with Crippen LogP contribution in [0.5, 0.6) is 0 Å². The first-order valence-electron chi connectivity index (χ1n) is 7.47. The number of nitro benzene ring substituents is 1. The molecule has 0 saturated heterocycles. The molecule has 0 radical (unpaired) electrons. The van der Waals surface area contributed by atoms with Crippen molar-refractivity contribution in [1.29, 1.82) is 5.26 Å². The van der Waals surface area contributed by atoms with Gasteiger partial charge in [-0.15, -0.1) is 0 Å². The Morgan fingerprint density at radius 2 is 1.96 bits per heavy atom. The van der Waals surface area contributed by atoms with E-state index in [1.165, 1.54) is 31.2 Å². The molecule has 0 fully saturated rings. The van der Waals surface area contributed by atoms with E-state index in [1.54, 1.807) is 6.07 Å². The molecule has 6 nitrogen and oxygen atoms in total. The maximum Gasteiger partial charge on any atom is 0.416 e. The van der Waals surface area contributed by atoms with E-state index in [0.29, 0.717) is 5.56 Å². The van der Waals surface area contributed by atoms with Gasteiger partial charge in [0.25, 0.3) is 11.6 Å².